The quantitative estimate of drug-likeness (QED) is 0.460. The summed E-state index contributed by atoms with van der Waals surface area (Å²) >= 11 is 0. The van der Waals surface area contributed by atoms with Crippen LogP contribution in [-0.2, 0) is 5.41 Å². The summed E-state index contributed by atoms with van der Waals surface area (Å²) in [6.45, 7) is 7.89. The van der Waals surface area contributed by atoms with Gasteiger partial charge in [-0.2, -0.15) is 0 Å². The molecule has 0 aliphatic carbocycles. The van der Waals surface area contributed by atoms with Crippen LogP contribution in [0.25, 0.3) is 22.7 Å². The Balaban J connectivity index is 1.54. The zero-order valence-electron chi connectivity index (χ0n) is 17.0. The lowest BCUT2D eigenvalue weighted by molar-refractivity contribution is 0.0928. The summed E-state index contributed by atoms with van der Waals surface area (Å²) in [5, 5.41) is 6.84. The zero-order chi connectivity index (χ0) is 21.5. The lowest BCUT2D eigenvalue weighted by Gasteiger charge is -2.15. The van der Waals surface area contributed by atoms with E-state index in [0.29, 0.717) is 34.3 Å². The molecule has 0 spiro atoms. The van der Waals surface area contributed by atoms with Crippen LogP contribution < -0.4 is 11.1 Å². The fourth-order valence-electron chi connectivity index (χ4n) is 2.73. The number of aromatic nitrogens is 7. The summed E-state index contributed by atoms with van der Waals surface area (Å²) < 4.78 is 5.40. The van der Waals surface area contributed by atoms with Gasteiger partial charge in [-0.25, -0.2) is 24.9 Å². The smallest absolute Gasteiger partial charge is 0.270 e. The third-order valence-corrected chi connectivity index (χ3v) is 4.38. The van der Waals surface area contributed by atoms with Crippen molar-refractivity contribution in [3.8, 4) is 11.5 Å². The number of rotatable bonds is 4. The predicted molar refractivity (Wildman–Crippen MR) is 108 cm³/mol. The average molecular weight is 407 g/mol. The summed E-state index contributed by atoms with van der Waals surface area (Å²) in [5.41, 5.74) is 7.32. The number of hydrogen-bond donors (Lipinski definition) is 3. The second-order valence-corrected chi connectivity index (χ2v) is 7.90. The van der Waals surface area contributed by atoms with Crippen LogP contribution in [0.15, 0.2) is 29.2 Å². The SMILES string of the molecule is C[C@@H](NC(=O)c1cc(N)ncn1)c1cc(-c2nc3nc(C(C)(C)C)ncc3[nH]2)no1. The number of H-pyrrole nitrogens is 1. The number of fused-ring (bicyclic) bond motifs is 1. The molecule has 4 aromatic rings. The molecule has 0 unspecified atom stereocenters. The molecule has 0 saturated carbocycles. The Morgan fingerprint density at radius 1 is 1.20 bits per heavy atom. The molecule has 0 fully saturated rings. The maximum Gasteiger partial charge on any atom is 0.270 e. The van der Waals surface area contributed by atoms with Gasteiger partial charge >= 0.3 is 0 Å². The third-order valence-electron chi connectivity index (χ3n) is 4.38. The lowest BCUT2D eigenvalue weighted by Crippen LogP contribution is -2.27. The molecule has 30 heavy (non-hydrogen) atoms. The van der Waals surface area contributed by atoms with Crippen LogP contribution >= 0.6 is 0 Å². The van der Waals surface area contributed by atoms with Gasteiger partial charge in [-0.1, -0.05) is 25.9 Å². The van der Waals surface area contributed by atoms with Gasteiger partial charge in [0.1, 0.15) is 34.9 Å². The van der Waals surface area contributed by atoms with E-state index in [4.69, 9.17) is 10.3 Å². The molecule has 11 heteroatoms. The van der Waals surface area contributed by atoms with Crippen molar-refractivity contribution >= 4 is 22.9 Å². The highest BCUT2D eigenvalue weighted by Crippen LogP contribution is 2.24. The summed E-state index contributed by atoms with van der Waals surface area (Å²) in [6, 6.07) is 2.65. The number of carbonyl (C=O) groups excluding carboxylic acids is 1. The number of imidazole rings is 1. The average Bonchev–Trinajstić information content (AvgIpc) is 3.33. The molecular weight excluding hydrogens is 386 g/mol. The van der Waals surface area contributed by atoms with Crippen LogP contribution in [0.2, 0.25) is 0 Å². The van der Waals surface area contributed by atoms with Crippen molar-refractivity contribution in [1.29, 1.82) is 0 Å². The first-order chi connectivity index (χ1) is 14.2. The second kappa shape index (κ2) is 7.17. The molecule has 0 bridgehead atoms. The lowest BCUT2D eigenvalue weighted by atomic mass is 9.96. The maximum absolute atomic E-state index is 12.3. The Kier molecular flexibility index (Phi) is 4.65. The normalized spacial score (nSPS) is 12.8. The Labute approximate surface area is 171 Å². The number of aromatic amines is 1. The minimum Gasteiger partial charge on any atom is -0.384 e. The monoisotopic (exact) mass is 407 g/mol. The number of anilines is 1. The van der Waals surface area contributed by atoms with Crippen molar-refractivity contribution in [1.82, 2.24) is 40.4 Å². The minimum absolute atomic E-state index is 0.166. The highest BCUT2D eigenvalue weighted by Gasteiger charge is 2.21. The Morgan fingerprint density at radius 3 is 2.73 bits per heavy atom. The summed E-state index contributed by atoms with van der Waals surface area (Å²) in [4.78, 5) is 36.6. The summed E-state index contributed by atoms with van der Waals surface area (Å²) in [6.07, 6.45) is 2.94. The zero-order valence-corrected chi connectivity index (χ0v) is 17.0. The fourth-order valence-corrected chi connectivity index (χ4v) is 2.73. The minimum atomic E-state index is -0.452. The number of nitrogens with zero attached hydrogens (tertiary/aromatic N) is 6. The first-order valence-corrected chi connectivity index (χ1v) is 9.29. The largest absolute Gasteiger partial charge is 0.384 e. The third kappa shape index (κ3) is 3.81. The number of nitrogens with two attached hydrogens (primary N) is 1. The maximum atomic E-state index is 12.3. The second-order valence-electron chi connectivity index (χ2n) is 7.90. The van der Waals surface area contributed by atoms with Crippen molar-refractivity contribution in [2.45, 2.75) is 39.2 Å². The highest BCUT2D eigenvalue weighted by atomic mass is 16.5. The number of amides is 1. The van der Waals surface area contributed by atoms with Crippen LogP contribution in [0, 0.1) is 0 Å². The van der Waals surface area contributed by atoms with E-state index in [9.17, 15) is 4.79 Å². The molecule has 1 atom stereocenters. The number of nitrogen functional groups attached to an aromatic ring is 1. The number of hydrogen-bond acceptors (Lipinski definition) is 9. The van der Waals surface area contributed by atoms with Gasteiger partial charge in [0, 0.05) is 17.5 Å². The topological polar surface area (TPSA) is 161 Å². The van der Waals surface area contributed by atoms with Gasteiger partial charge in [-0.3, -0.25) is 4.79 Å². The molecule has 154 valence electrons. The first-order valence-electron chi connectivity index (χ1n) is 9.29. The van der Waals surface area contributed by atoms with Crippen LogP contribution in [0.5, 0.6) is 0 Å². The molecule has 0 aromatic carbocycles. The van der Waals surface area contributed by atoms with Crippen molar-refractivity contribution < 1.29 is 9.32 Å². The number of carbonyl (C=O) groups is 1. The molecule has 4 N–H and O–H groups in total. The van der Waals surface area contributed by atoms with Gasteiger partial charge in [0.15, 0.2) is 17.2 Å². The van der Waals surface area contributed by atoms with Gasteiger partial charge in [0.05, 0.1) is 12.2 Å². The van der Waals surface area contributed by atoms with Gasteiger partial charge in [-0.05, 0) is 6.92 Å². The number of nitrogens with one attached hydrogen (secondary N) is 2. The van der Waals surface area contributed by atoms with E-state index in [1.54, 1.807) is 19.2 Å². The van der Waals surface area contributed by atoms with Gasteiger partial charge in [-0.15, -0.1) is 0 Å². The molecule has 0 aliphatic heterocycles. The molecule has 0 saturated heterocycles. The van der Waals surface area contributed by atoms with Crippen molar-refractivity contribution in [2.75, 3.05) is 5.73 Å². The van der Waals surface area contributed by atoms with E-state index in [1.807, 2.05) is 20.8 Å². The molecule has 4 rings (SSSR count). The highest BCUT2D eigenvalue weighted by molar-refractivity contribution is 5.93. The van der Waals surface area contributed by atoms with Gasteiger partial charge in [0.25, 0.3) is 5.91 Å². The van der Waals surface area contributed by atoms with Gasteiger partial charge < -0.3 is 20.6 Å². The molecule has 11 nitrogen and oxygen atoms in total. The molecule has 0 aliphatic rings. The van der Waals surface area contributed by atoms with Gasteiger partial charge in [0.2, 0.25) is 0 Å². The van der Waals surface area contributed by atoms with E-state index >= 15 is 0 Å². The van der Waals surface area contributed by atoms with Crippen LogP contribution in [0.1, 0.15) is 55.8 Å². The first kappa shape index (κ1) is 19.4. The Bertz CT molecular complexity index is 1220. The van der Waals surface area contributed by atoms with Crippen molar-refractivity contribution in [3.63, 3.8) is 0 Å². The van der Waals surface area contributed by atoms with E-state index in [1.165, 1.54) is 12.4 Å². The van der Waals surface area contributed by atoms with Crippen LogP contribution in [0.3, 0.4) is 0 Å². The predicted octanol–water partition coefficient (Wildman–Crippen LogP) is 2.17. The Morgan fingerprint density at radius 2 is 2.00 bits per heavy atom. The van der Waals surface area contributed by atoms with E-state index in [-0.39, 0.29) is 16.9 Å². The molecular formula is C19H21N9O2. The molecule has 4 aromatic heterocycles. The van der Waals surface area contributed by atoms with E-state index < -0.39 is 11.9 Å². The fraction of sp³-hybridized carbons (Fsp3) is 0.316. The Hall–Kier alpha value is -3.89. The van der Waals surface area contributed by atoms with Crippen molar-refractivity contribution in [3.05, 3.63) is 41.9 Å². The van der Waals surface area contributed by atoms with Crippen LogP contribution in [-0.4, -0.2) is 41.0 Å². The van der Waals surface area contributed by atoms with Crippen molar-refractivity contribution in [2.24, 2.45) is 0 Å². The molecule has 4 heterocycles. The van der Waals surface area contributed by atoms with E-state index in [0.717, 1.165) is 0 Å². The summed E-state index contributed by atoms with van der Waals surface area (Å²) in [5.74, 6) is 1.48. The molecule has 1 amide bonds. The summed E-state index contributed by atoms with van der Waals surface area (Å²) in [7, 11) is 0. The standard InChI is InChI=1S/C19H21N9O2/c1-9(24-17(29)11-6-14(20)23-8-22-11)13-5-10(28-30-13)15-25-12-7-21-18(19(2,3)4)27-16(12)26-15/h5-9H,1-4H3,(H,24,29)(H2,20,22,23)(H,21,25,26,27)/t9-/m1/s1. The molecule has 0 radical (unpaired) electrons. The van der Waals surface area contributed by atoms with E-state index in [2.05, 4.69) is 40.4 Å². The van der Waals surface area contributed by atoms with Crippen LogP contribution in [0.4, 0.5) is 5.82 Å².